The average Bonchev–Trinajstić information content (AvgIpc) is 3.16. The van der Waals surface area contributed by atoms with E-state index in [9.17, 15) is 9.90 Å². The van der Waals surface area contributed by atoms with Crippen molar-refractivity contribution in [3.8, 4) is 0 Å². The molecule has 22 heavy (non-hydrogen) atoms. The van der Waals surface area contributed by atoms with E-state index in [0.717, 1.165) is 32.4 Å². The third-order valence-corrected chi connectivity index (χ3v) is 6.00. The molecule has 126 valence electrons. The normalized spacial score (nSPS) is 31.8. The standard InChI is InChI=1S/C17H30N2O3/c1-2-3-9-19(10-11-20)16(21)18-14-13-6-12-22-15(13)17(14)7-4-5-8-17/h13-15,20H,2-12H2,1H3,(H,18,21). The van der Waals surface area contributed by atoms with E-state index in [4.69, 9.17) is 4.74 Å². The molecule has 3 unspecified atom stereocenters. The van der Waals surface area contributed by atoms with Crippen molar-refractivity contribution in [2.24, 2.45) is 11.3 Å². The molecule has 5 heteroatoms. The van der Waals surface area contributed by atoms with Gasteiger partial charge in [-0.05, 0) is 25.7 Å². The first-order valence-electron chi connectivity index (χ1n) is 9.01. The summed E-state index contributed by atoms with van der Waals surface area (Å²) in [5, 5.41) is 12.5. The Hall–Kier alpha value is -0.810. The minimum absolute atomic E-state index is 0.00382. The van der Waals surface area contributed by atoms with Gasteiger partial charge < -0.3 is 20.1 Å². The number of carbonyl (C=O) groups is 1. The minimum atomic E-state index is 0.00382. The van der Waals surface area contributed by atoms with Gasteiger partial charge in [0.25, 0.3) is 0 Å². The lowest BCUT2D eigenvalue weighted by molar-refractivity contribution is -0.127. The van der Waals surface area contributed by atoms with E-state index in [-0.39, 0.29) is 24.1 Å². The van der Waals surface area contributed by atoms with Crippen molar-refractivity contribution in [2.45, 2.75) is 64.0 Å². The summed E-state index contributed by atoms with van der Waals surface area (Å²) < 4.78 is 5.97. The summed E-state index contributed by atoms with van der Waals surface area (Å²) in [7, 11) is 0. The molecule has 0 bridgehead atoms. The topological polar surface area (TPSA) is 61.8 Å². The highest BCUT2D eigenvalue weighted by atomic mass is 16.5. The molecule has 1 spiro atoms. The number of urea groups is 1. The van der Waals surface area contributed by atoms with Crippen LogP contribution in [0.1, 0.15) is 51.9 Å². The third kappa shape index (κ3) is 2.62. The van der Waals surface area contributed by atoms with Crippen LogP contribution in [0.3, 0.4) is 0 Å². The summed E-state index contributed by atoms with van der Waals surface area (Å²) in [6.45, 7) is 4.15. The van der Waals surface area contributed by atoms with Crippen molar-refractivity contribution >= 4 is 6.03 Å². The zero-order chi connectivity index (χ0) is 15.6. The minimum Gasteiger partial charge on any atom is -0.395 e. The van der Waals surface area contributed by atoms with Crippen LogP contribution in [0.2, 0.25) is 0 Å². The quantitative estimate of drug-likeness (QED) is 0.790. The Morgan fingerprint density at radius 1 is 1.36 bits per heavy atom. The Bertz CT molecular complexity index is 395. The maximum Gasteiger partial charge on any atom is 0.317 e. The molecule has 3 rings (SSSR count). The maximum absolute atomic E-state index is 12.6. The van der Waals surface area contributed by atoms with Gasteiger partial charge in [-0.2, -0.15) is 0 Å². The van der Waals surface area contributed by atoms with Gasteiger partial charge in [0.15, 0.2) is 0 Å². The van der Waals surface area contributed by atoms with Crippen molar-refractivity contribution in [1.29, 1.82) is 0 Å². The molecule has 3 fully saturated rings. The molecule has 0 radical (unpaired) electrons. The predicted octanol–water partition coefficient (Wildman–Crippen LogP) is 2.14. The van der Waals surface area contributed by atoms with Crippen LogP contribution in [0.5, 0.6) is 0 Å². The second-order valence-electron chi connectivity index (χ2n) is 7.18. The summed E-state index contributed by atoms with van der Waals surface area (Å²) in [6, 6.07) is 0.280. The number of amides is 2. The van der Waals surface area contributed by atoms with Crippen molar-refractivity contribution in [2.75, 3.05) is 26.3 Å². The van der Waals surface area contributed by atoms with Crippen LogP contribution in [-0.2, 0) is 4.74 Å². The fraction of sp³-hybridized carbons (Fsp3) is 0.941. The number of fused-ring (bicyclic) bond motifs is 2. The molecule has 2 aliphatic carbocycles. The maximum atomic E-state index is 12.6. The predicted molar refractivity (Wildman–Crippen MR) is 84.6 cm³/mol. The highest BCUT2D eigenvalue weighted by Crippen LogP contribution is 2.60. The second-order valence-corrected chi connectivity index (χ2v) is 7.18. The summed E-state index contributed by atoms with van der Waals surface area (Å²) in [5.41, 5.74) is 0.201. The van der Waals surface area contributed by atoms with Gasteiger partial charge in [-0.1, -0.05) is 26.2 Å². The van der Waals surface area contributed by atoms with Crippen molar-refractivity contribution in [1.82, 2.24) is 10.2 Å². The summed E-state index contributed by atoms with van der Waals surface area (Å²) >= 11 is 0. The molecular formula is C17H30N2O3. The number of ether oxygens (including phenoxy) is 1. The molecule has 3 aliphatic rings. The number of aliphatic hydroxyl groups excluding tert-OH is 1. The number of aliphatic hydroxyl groups is 1. The largest absolute Gasteiger partial charge is 0.395 e. The molecule has 2 saturated carbocycles. The van der Waals surface area contributed by atoms with Crippen LogP contribution in [0.4, 0.5) is 4.79 Å². The lowest BCUT2D eigenvalue weighted by Gasteiger charge is -2.57. The Labute approximate surface area is 133 Å². The van der Waals surface area contributed by atoms with E-state index in [2.05, 4.69) is 12.2 Å². The molecule has 1 aliphatic heterocycles. The Morgan fingerprint density at radius 3 is 2.82 bits per heavy atom. The van der Waals surface area contributed by atoms with Crippen molar-refractivity contribution in [3.63, 3.8) is 0 Å². The van der Waals surface area contributed by atoms with E-state index in [1.165, 1.54) is 25.7 Å². The number of hydrogen-bond acceptors (Lipinski definition) is 3. The van der Waals surface area contributed by atoms with E-state index < -0.39 is 0 Å². The van der Waals surface area contributed by atoms with Gasteiger partial charge in [0.05, 0.1) is 12.7 Å². The first-order valence-corrected chi connectivity index (χ1v) is 9.01. The SMILES string of the molecule is CCCCN(CCO)C(=O)NC1C2CCOC2C12CCCC2. The monoisotopic (exact) mass is 310 g/mol. The molecule has 2 N–H and O–H groups in total. The Balaban J connectivity index is 1.64. The van der Waals surface area contributed by atoms with Crippen LogP contribution in [0.15, 0.2) is 0 Å². The molecule has 2 amide bonds. The van der Waals surface area contributed by atoms with Crippen molar-refractivity contribution < 1.29 is 14.6 Å². The average molecular weight is 310 g/mol. The second kappa shape index (κ2) is 6.75. The molecule has 0 aromatic carbocycles. The van der Waals surface area contributed by atoms with Crippen LogP contribution in [0.25, 0.3) is 0 Å². The Morgan fingerprint density at radius 2 is 2.14 bits per heavy atom. The van der Waals surface area contributed by atoms with Gasteiger partial charge in [-0.3, -0.25) is 0 Å². The fourth-order valence-electron chi connectivity index (χ4n) is 4.91. The van der Waals surface area contributed by atoms with E-state index in [1.807, 2.05) is 0 Å². The lowest BCUT2D eigenvalue weighted by atomic mass is 9.54. The van der Waals surface area contributed by atoms with Crippen molar-refractivity contribution in [3.05, 3.63) is 0 Å². The zero-order valence-corrected chi connectivity index (χ0v) is 13.7. The van der Waals surface area contributed by atoms with E-state index >= 15 is 0 Å². The molecule has 0 aromatic rings. The summed E-state index contributed by atoms with van der Waals surface area (Å²) in [5.74, 6) is 0.504. The van der Waals surface area contributed by atoms with Gasteiger partial charge in [0.2, 0.25) is 0 Å². The van der Waals surface area contributed by atoms with Gasteiger partial charge in [-0.15, -0.1) is 0 Å². The first-order chi connectivity index (χ1) is 10.7. The van der Waals surface area contributed by atoms with E-state index in [0.29, 0.717) is 18.6 Å². The highest BCUT2D eigenvalue weighted by Gasteiger charge is 2.65. The van der Waals surface area contributed by atoms with Gasteiger partial charge in [0.1, 0.15) is 0 Å². The van der Waals surface area contributed by atoms with Gasteiger partial charge in [0, 0.05) is 37.1 Å². The number of hydrogen-bond donors (Lipinski definition) is 2. The Kier molecular flexibility index (Phi) is 4.93. The fourth-order valence-corrected chi connectivity index (χ4v) is 4.91. The number of carbonyl (C=O) groups excluding carboxylic acids is 1. The third-order valence-electron chi connectivity index (χ3n) is 6.00. The number of nitrogens with one attached hydrogen (secondary N) is 1. The number of rotatable bonds is 6. The molecule has 1 heterocycles. The van der Waals surface area contributed by atoms with Gasteiger partial charge in [-0.25, -0.2) is 4.79 Å². The smallest absolute Gasteiger partial charge is 0.317 e. The number of unbranched alkanes of at least 4 members (excludes halogenated alkanes) is 1. The van der Waals surface area contributed by atoms with Crippen LogP contribution >= 0.6 is 0 Å². The van der Waals surface area contributed by atoms with E-state index in [1.54, 1.807) is 4.90 Å². The first kappa shape index (κ1) is 16.1. The molecule has 5 nitrogen and oxygen atoms in total. The summed E-state index contributed by atoms with van der Waals surface area (Å²) in [4.78, 5) is 14.4. The molecule has 0 aromatic heterocycles. The van der Waals surface area contributed by atoms with Gasteiger partial charge >= 0.3 is 6.03 Å². The molecule has 1 saturated heterocycles. The van der Waals surface area contributed by atoms with Crippen LogP contribution < -0.4 is 5.32 Å². The van der Waals surface area contributed by atoms with Crippen LogP contribution in [0, 0.1) is 11.3 Å². The molecule has 3 atom stereocenters. The highest BCUT2D eigenvalue weighted by molar-refractivity contribution is 5.75. The summed E-state index contributed by atoms with van der Waals surface area (Å²) in [6.07, 6.45) is 8.39. The lowest BCUT2D eigenvalue weighted by Crippen LogP contribution is -2.69. The van der Waals surface area contributed by atoms with Crippen LogP contribution in [-0.4, -0.2) is 54.5 Å². The number of nitrogens with zero attached hydrogens (tertiary/aromatic N) is 1. The molecular weight excluding hydrogens is 280 g/mol. The zero-order valence-electron chi connectivity index (χ0n) is 13.7.